The van der Waals surface area contributed by atoms with Crippen LogP contribution in [-0.4, -0.2) is 44.5 Å². The summed E-state index contributed by atoms with van der Waals surface area (Å²) in [7, 11) is 3.97. The van der Waals surface area contributed by atoms with Gasteiger partial charge in [-0.25, -0.2) is 0 Å². The largest absolute Gasteiger partial charge is 0.378 e. The second-order valence-electron chi connectivity index (χ2n) is 7.36. The first-order valence-electron chi connectivity index (χ1n) is 9.43. The van der Waals surface area contributed by atoms with Gasteiger partial charge in [0.25, 0.3) is 5.91 Å². The van der Waals surface area contributed by atoms with E-state index in [9.17, 15) is 4.79 Å². The molecule has 4 nitrogen and oxygen atoms in total. The number of anilines is 1. The molecule has 0 radical (unpaired) electrons. The minimum Gasteiger partial charge on any atom is -0.378 e. The smallest absolute Gasteiger partial charge is 0.251 e. The van der Waals surface area contributed by atoms with Crippen LogP contribution < -0.4 is 10.2 Å². The van der Waals surface area contributed by atoms with Gasteiger partial charge in [0.15, 0.2) is 0 Å². The highest BCUT2D eigenvalue weighted by atomic mass is 16.1. The Labute approximate surface area is 156 Å². The summed E-state index contributed by atoms with van der Waals surface area (Å²) in [5.74, 6) is 0.600. The lowest BCUT2D eigenvalue weighted by Gasteiger charge is -2.32. The highest BCUT2D eigenvalue weighted by molar-refractivity contribution is 5.95. The standard InChI is InChI=1S/C22H29N3O/c1-24(2)21-10-6-9-20(15-21)22(26)23-16-18-11-13-25(14-12-18)17-19-7-4-3-5-8-19/h3-10,15,18H,11-14,16-17H2,1-2H3,(H,23,26). The van der Waals surface area contributed by atoms with Crippen LogP contribution in [0.1, 0.15) is 28.8 Å². The fraction of sp³-hybridized carbons (Fsp3) is 0.409. The topological polar surface area (TPSA) is 35.6 Å². The van der Waals surface area contributed by atoms with Crippen LogP contribution >= 0.6 is 0 Å². The van der Waals surface area contributed by atoms with Crippen LogP contribution in [0.5, 0.6) is 0 Å². The van der Waals surface area contributed by atoms with Crippen molar-refractivity contribution in [2.24, 2.45) is 5.92 Å². The van der Waals surface area contributed by atoms with Gasteiger partial charge in [0.05, 0.1) is 0 Å². The molecule has 0 unspecified atom stereocenters. The first-order chi connectivity index (χ1) is 12.6. The Bertz CT molecular complexity index is 706. The number of carbonyl (C=O) groups excluding carboxylic acids is 1. The number of nitrogens with one attached hydrogen (secondary N) is 1. The number of piperidine rings is 1. The van der Waals surface area contributed by atoms with E-state index in [1.807, 2.05) is 43.3 Å². The second kappa shape index (κ2) is 8.86. The molecule has 1 aliphatic rings. The molecule has 2 aromatic carbocycles. The Balaban J connectivity index is 1.43. The maximum Gasteiger partial charge on any atom is 0.251 e. The number of likely N-dealkylation sites (tertiary alicyclic amines) is 1. The molecule has 0 atom stereocenters. The van der Waals surface area contributed by atoms with Crippen molar-refractivity contribution >= 4 is 11.6 Å². The fourth-order valence-electron chi connectivity index (χ4n) is 3.45. The lowest BCUT2D eigenvalue weighted by atomic mass is 9.96. The van der Waals surface area contributed by atoms with Gasteiger partial charge in [0.1, 0.15) is 0 Å². The van der Waals surface area contributed by atoms with E-state index in [1.165, 1.54) is 5.56 Å². The summed E-state index contributed by atoms with van der Waals surface area (Å²) < 4.78 is 0. The van der Waals surface area contributed by atoms with Gasteiger partial charge in [-0.2, -0.15) is 0 Å². The third kappa shape index (κ3) is 5.09. The maximum absolute atomic E-state index is 12.4. The van der Waals surface area contributed by atoms with Gasteiger partial charge in [-0.1, -0.05) is 36.4 Å². The third-order valence-corrected chi connectivity index (χ3v) is 5.13. The number of nitrogens with zero attached hydrogens (tertiary/aromatic N) is 2. The summed E-state index contributed by atoms with van der Waals surface area (Å²) in [6.07, 6.45) is 2.29. The Morgan fingerprint density at radius 3 is 2.50 bits per heavy atom. The van der Waals surface area contributed by atoms with Gasteiger partial charge in [0.2, 0.25) is 0 Å². The van der Waals surface area contributed by atoms with Crippen molar-refractivity contribution in [2.75, 3.05) is 38.6 Å². The molecule has 0 aliphatic carbocycles. The third-order valence-electron chi connectivity index (χ3n) is 5.13. The monoisotopic (exact) mass is 351 g/mol. The molecule has 1 amide bonds. The molecule has 1 saturated heterocycles. The summed E-state index contributed by atoms with van der Waals surface area (Å²) in [4.78, 5) is 16.9. The SMILES string of the molecule is CN(C)c1cccc(C(=O)NCC2CCN(Cc3ccccc3)CC2)c1. The number of benzene rings is 2. The number of hydrogen-bond donors (Lipinski definition) is 1. The molecule has 1 aliphatic heterocycles. The van der Waals surface area contributed by atoms with E-state index in [4.69, 9.17) is 0 Å². The van der Waals surface area contributed by atoms with Crippen molar-refractivity contribution < 1.29 is 4.79 Å². The highest BCUT2D eigenvalue weighted by Gasteiger charge is 2.20. The van der Waals surface area contributed by atoms with Crippen molar-refractivity contribution in [3.05, 3.63) is 65.7 Å². The zero-order chi connectivity index (χ0) is 18.4. The van der Waals surface area contributed by atoms with Crippen molar-refractivity contribution in [1.82, 2.24) is 10.2 Å². The van der Waals surface area contributed by atoms with Crippen LogP contribution in [0.3, 0.4) is 0 Å². The van der Waals surface area contributed by atoms with Gasteiger partial charge < -0.3 is 10.2 Å². The van der Waals surface area contributed by atoms with Crippen LogP contribution in [0.2, 0.25) is 0 Å². The van der Waals surface area contributed by atoms with Gasteiger partial charge in [0, 0.05) is 38.4 Å². The number of amides is 1. The molecule has 0 aromatic heterocycles. The maximum atomic E-state index is 12.4. The molecule has 0 saturated carbocycles. The van der Waals surface area contributed by atoms with Gasteiger partial charge in [-0.3, -0.25) is 9.69 Å². The molecule has 1 fully saturated rings. The van der Waals surface area contributed by atoms with Crippen LogP contribution in [0.25, 0.3) is 0 Å². The van der Waals surface area contributed by atoms with Gasteiger partial charge in [-0.05, 0) is 55.6 Å². The number of rotatable bonds is 6. The summed E-state index contributed by atoms with van der Waals surface area (Å²) in [6.45, 7) is 4.00. The van der Waals surface area contributed by atoms with Crippen molar-refractivity contribution in [3.8, 4) is 0 Å². The first kappa shape index (κ1) is 18.5. The molecule has 0 bridgehead atoms. The van der Waals surface area contributed by atoms with E-state index in [2.05, 4.69) is 40.5 Å². The van der Waals surface area contributed by atoms with E-state index >= 15 is 0 Å². The Hall–Kier alpha value is -2.33. The molecule has 138 valence electrons. The molecule has 1 heterocycles. The van der Waals surface area contributed by atoms with E-state index < -0.39 is 0 Å². The van der Waals surface area contributed by atoms with E-state index in [0.29, 0.717) is 5.92 Å². The molecular formula is C22H29N3O. The molecule has 0 spiro atoms. The Morgan fingerprint density at radius 1 is 1.08 bits per heavy atom. The number of carbonyl (C=O) groups is 1. The molecule has 1 N–H and O–H groups in total. The highest BCUT2D eigenvalue weighted by Crippen LogP contribution is 2.19. The molecule has 2 aromatic rings. The average molecular weight is 351 g/mol. The molecule has 3 rings (SSSR count). The lowest BCUT2D eigenvalue weighted by molar-refractivity contribution is 0.0935. The minimum atomic E-state index is 0.0282. The number of hydrogen-bond acceptors (Lipinski definition) is 3. The first-order valence-corrected chi connectivity index (χ1v) is 9.43. The van der Waals surface area contributed by atoms with Crippen LogP contribution in [-0.2, 0) is 6.54 Å². The van der Waals surface area contributed by atoms with Crippen LogP contribution in [0.4, 0.5) is 5.69 Å². The van der Waals surface area contributed by atoms with Crippen LogP contribution in [0.15, 0.2) is 54.6 Å². The van der Waals surface area contributed by atoms with E-state index in [1.54, 1.807) is 0 Å². The van der Waals surface area contributed by atoms with Gasteiger partial charge >= 0.3 is 0 Å². The normalized spacial score (nSPS) is 15.6. The summed E-state index contributed by atoms with van der Waals surface area (Å²) in [5, 5.41) is 3.12. The quantitative estimate of drug-likeness (QED) is 0.866. The molecule has 4 heteroatoms. The minimum absolute atomic E-state index is 0.0282. The zero-order valence-electron chi connectivity index (χ0n) is 15.8. The van der Waals surface area contributed by atoms with Crippen molar-refractivity contribution in [1.29, 1.82) is 0 Å². The van der Waals surface area contributed by atoms with Gasteiger partial charge in [-0.15, -0.1) is 0 Å². The molecular weight excluding hydrogens is 322 g/mol. The van der Waals surface area contributed by atoms with Crippen molar-refractivity contribution in [2.45, 2.75) is 19.4 Å². The zero-order valence-corrected chi connectivity index (χ0v) is 15.8. The summed E-state index contributed by atoms with van der Waals surface area (Å²) in [5.41, 5.74) is 3.16. The van der Waals surface area contributed by atoms with E-state index in [-0.39, 0.29) is 5.91 Å². The summed E-state index contributed by atoms with van der Waals surface area (Å²) >= 11 is 0. The lowest BCUT2D eigenvalue weighted by Crippen LogP contribution is -2.38. The molecule has 26 heavy (non-hydrogen) atoms. The predicted molar refractivity (Wildman–Crippen MR) is 108 cm³/mol. The predicted octanol–water partition coefficient (Wildman–Crippen LogP) is 3.39. The fourth-order valence-corrected chi connectivity index (χ4v) is 3.45. The van der Waals surface area contributed by atoms with E-state index in [0.717, 1.165) is 50.3 Å². The van der Waals surface area contributed by atoms with Crippen molar-refractivity contribution in [3.63, 3.8) is 0 Å². The second-order valence-corrected chi connectivity index (χ2v) is 7.36. The summed E-state index contributed by atoms with van der Waals surface area (Å²) in [6, 6.07) is 18.4. The Morgan fingerprint density at radius 2 is 1.81 bits per heavy atom. The van der Waals surface area contributed by atoms with Crippen LogP contribution in [0, 0.1) is 5.92 Å². The average Bonchev–Trinajstić information content (AvgIpc) is 2.68. The Kier molecular flexibility index (Phi) is 6.29.